The van der Waals surface area contributed by atoms with E-state index < -0.39 is 45.0 Å². The van der Waals surface area contributed by atoms with Crippen molar-refractivity contribution in [3.63, 3.8) is 0 Å². The lowest BCUT2D eigenvalue weighted by Crippen LogP contribution is -2.28. The molecule has 0 spiro atoms. The van der Waals surface area contributed by atoms with Gasteiger partial charge in [-0.05, 0) is 35.2 Å². The maximum Gasteiger partial charge on any atom is 0.384 e. The Labute approximate surface area is 212 Å². The van der Waals surface area contributed by atoms with Crippen LogP contribution in [0.4, 0.5) is 0 Å². The number of alkyl halides is 3. The number of benzene rings is 2. The highest BCUT2D eigenvalue weighted by atomic mass is 35.6. The second kappa shape index (κ2) is 9.76. The third kappa shape index (κ3) is 5.10. The number of nitriles is 1. The second-order valence-electron chi connectivity index (χ2n) is 8.34. The summed E-state index contributed by atoms with van der Waals surface area (Å²) in [5.41, 5.74) is -2.01. The molecule has 0 heterocycles. The summed E-state index contributed by atoms with van der Waals surface area (Å²) in [6, 6.07) is 17.9. The van der Waals surface area contributed by atoms with Gasteiger partial charge in [-0.15, -0.1) is 0 Å². The highest BCUT2D eigenvalue weighted by Gasteiger charge is 2.79. The molecule has 0 aromatic heterocycles. The lowest BCUT2D eigenvalue weighted by atomic mass is 9.78. The highest BCUT2D eigenvalue weighted by molar-refractivity contribution is 6.67. The fourth-order valence-electron chi connectivity index (χ4n) is 4.29. The molecule has 34 heavy (non-hydrogen) atoms. The number of rotatable bonds is 6. The SMILES string of the molecule is CC1(C)[C@H](C#CC(=O)OCC(Cl)(Cl)Cl)[C@@]1(C(=O)O)[C@@H](C#N)c1cccc(Oc2ccccc2)c1. The Balaban J connectivity index is 1.91. The first kappa shape index (κ1) is 25.7. The van der Waals surface area contributed by atoms with Crippen molar-refractivity contribution in [3.05, 3.63) is 60.2 Å². The fraction of sp³-hybridized carbons (Fsp3) is 0.320. The smallest absolute Gasteiger partial charge is 0.384 e. The number of carboxylic acids is 1. The Kier molecular flexibility index (Phi) is 7.38. The van der Waals surface area contributed by atoms with Crippen molar-refractivity contribution < 1.29 is 24.2 Å². The van der Waals surface area contributed by atoms with Crippen molar-refractivity contribution >= 4 is 46.7 Å². The molecule has 0 unspecified atom stereocenters. The van der Waals surface area contributed by atoms with E-state index in [0.29, 0.717) is 17.1 Å². The minimum absolute atomic E-state index is 0.459. The van der Waals surface area contributed by atoms with Crippen LogP contribution in [0.5, 0.6) is 11.5 Å². The Bertz CT molecular complexity index is 1190. The van der Waals surface area contributed by atoms with Gasteiger partial charge >= 0.3 is 11.9 Å². The number of hydrogen-bond donors (Lipinski definition) is 1. The van der Waals surface area contributed by atoms with Gasteiger partial charge in [-0.2, -0.15) is 5.26 Å². The summed E-state index contributed by atoms with van der Waals surface area (Å²) in [7, 11) is 0. The molecule has 1 N–H and O–H groups in total. The molecular weight excluding hydrogens is 501 g/mol. The molecule has 0 radical (unpaired) electrons. The van der Waals surface area contributed by atoms with Crippen LogP contribution in [0.3, 0.4) is 0 Å². The van der Waals surface area contributed by atoms with Crippen molar-refractivity contribution in [2.75, 3.05) is 6.61 Å². The summed E-state index contributed by atoms with van der Waals surface area (Å²) in [6.07, 6.45) is 0. The number of nitrogens with zero attached hydrogens (tertiary/aromatic N) is 1. The van der Waals surface area contributed by atoms with Gasteiger partial charge in [0.1, 0.15) is 23.5 Å². The maximum absolute atomic E-state index is 12.5. The number of halogens is 3. The average Bonchev–Trinajstić information content (AvgIpc) is 3.27. The quantitative estimate of drug-likeness (QED) is 0.226. The molecule has 2 aromatic carbocycles. The topological polar surface area (TPSA) is 96.6 Å². The number of aliphatic carboxylic acids is 1. The van der Waals surface area contributed by atoms with Crippen LogP contribution in [0, 0.1) is 39.9 Å². The van der Waals surface area contributed by atoms with Crippen LogP contribution >= 0.6 is 34.8 Å². The summed E-state index contributed by atoms with van der Waals surface area (Å²) in [5, 5.41) is 20.3. The van der Waals surface area contributed by atoms with Gasteiger partial charge in [0.15, 0.2) is 0 Å². The summed E-state index contributed by atoms with van der Waals surface area (Å²) in [6.45, 7) is 2.89. The van der Waals surface area contributed by atoms with Crippen LogP contribution < -0.4 is 4.74 Å². The zero-order valence-corrected chi connectivity index (χ0v) is 20.5. The zero-order valence-electron chi connectivity index (χ0n) is 18.2. The third-order valence-corrected chi connectivity index (χ3v) is 6.28. The minimum Gasteiger partial charge on any atom is -0.481 e. The molecule has 0 amide bonds. The largest absolute Gasteiger partial charge is 0.481 e. The molecular formula is C25H20Cl3NO5. The maximum atomic E-state index is 12.5. The summed E-state index contributed by atoms with van der Waals surface area (Å²) in [4.78, 5) is 24.5. The first-order chi connectivity index (χ1) is 15.9. The zero-order chi connectivity index (χ0) is 25.1. The standard InChI is InChI=1S/C25H20Cl3NO5/c1-23(2)20(11-12-21(30)33-15-24(26,27)28)25(23,22(31)32)19(14-29)16-7-6-10-18(13-16)34-17-8-4-3-5-9-17/h3-10,13,19-20H,15H2,1-2H3,(H,31,32)/t19-,20-,25+/m0/s1. The summed E-state index contributed by atoms with van der Waals surface area (Å²) in [5.74, 6) is 2.00. The molecule has 1 aliphatic carbocycles. The number of carbonyl (C=O) groups excluding carboxylic acids is 1. The number of para-hydroxylation sites is 1. The molecule has 6 nitrogen and oxygen atoms in total. The minimum atomic E-state index is -1.79. The first-order valence-electron chi connectivity index (χ1n) is 10.1. The Morgan fingerprint density at radius 3 is 2.35 bits per heavy atom. The van der Waals surface area contributed by atoms with Crippen LogP contribution in [0.15, 0.2) is 54.6 Å². The van der Waals surface area contributed by atoms with Crippen molar-refractivity contribution in [2.45, 2.75) is 23.6 Å². The van der Waals surface area contributed by atoms with Crippen molar-refractivity contribution in [2.24, 2.45) is 16.7 Å². The van der Waals surface area contributed by atoms with Crippen LogP contribution in [0.25, 0.3) is 0 Å². The van der Waals surface area contributed by atoms with Gasteiger partial charge in [-0.3, -0.25) is 4.79 Å². The van der Waals surface area contributed by atoms with Gasteiger partial charge in [-0.25, -0.2) is 4.79 Å². The third-order valence-electron chi connectivity index (χ3n) is 5.95. The van der Waals surface area contributed by atoms with Gasteiger partial charge < -0.3 is 14.6 Å². The van der Waals surface area contributed by atoms with Gasteiger partial charge in [0.05, 0.1) is 12.0 Å². The van der Waals surface area contributed by atoms with E-state index in [1.54, 1.807) is 50.2 Å². The van der Waals surface area contributed by atoms with E-state index in [2.05, 4.69) is 17.9 Å². The molecule has 3 atom stereocenters. The molecule has 3 rings (SSSR count). The van der Waals surface area contributed by atoms with Gasteiger partial charge in [-0.1, -0.05) is 84.9 Å². The predicted octanol–water partition coefficient (Wildman–Crippen LogP) is 5.73. The van der Waals surface area contributed by atoms with E-state index in [-0.39, 0.29) is 0 Å². The predicted molar refractivity (Wildman–Crippen MR) is 128 cm³/mol. The Hall–Kier alpha value is -2.90. The molecule has 2 aromatic rings. The van der Waals surface area contributed by atoms with Crippen LogP contribution in [0.1, 0.15) is 25.3 Å². The van der Waals surface area contributed by atoms with Gasteiger partial charge in [0.2, 0.25) is 3.79 Å². The van der Waals surface area contributed by atoms with Crippen LogP contribution in [-0.4, -0.2) is 27.4 Å². The molecule has 1 aliphatic rings. The molecule has 9 heteroatoms. The van der Waals surface area contributed by atoms with Crippen LogP contribution in [-0.2, 0) is 14.3 Å². The number of carbonyl (C=O) groups is 2. The van der Waals surface area contributed by atoms with E-state index in [0.717, 1.165) is 0 Å². The lowest BCUT2D eigenvalue weighted by Gasteiger charge is -2.22. The number of hydrogen-bond acceptors (Lipinski definition) is 5. The molecule has 0 saturated heterocycles. The van der Waals surface area contributed by atoms with Crippen molar-refractivity contribution in [3.8, 4) is 29.4 Å². The highest BCUT2D eigenvalue weighted by Crippen LogP contribution is 2.74. The Morgan fingerprint density at radius 1 is 1.12 bits per heavy atom. The van der Waals surface area contributed by atoms with Gasteiger partial charge in [0.25, 0.3) is 0 Å². The van der Waals surface area contributed by atoms with Gasteiger partial charge in [0, 0.05) is 11.8 Å². The second-order valence-corrected chi connectivity index (χ2v) is 10.9. The first-order valence-corrected chi connectivity index (χ1v) is 11.3. The number of ether oxygens (including phenoxy) is 2. The van der Waals surface area contributed by atoms with Crippen LogP contribution in [0.2, 0.25) is 0 Å². The molecule has 0 bridgehead atoms. The normalized spacial score (nSPS) is 21.2. The van der Waals surface area contributed by atoms with E-state index in [1.807, 2.05) is 18.2 Å². The van der Waals surface area contributed by atoms with Crippen molar-refractivity contribution in [1.29, 1.82) is 5.26 Å². The van der Waals surface area contributed by atoms with Crippen molar-refractivity contribution in [1.82, 2.24) is 0 Å². The average molecular weight is 521 g/mol. The van der Waals surface area contributed by atoms with E-state index in [9.17, 15) is 20.0 Å². The molecule has 1 saturated carbocycles. The summed E-state index contributed by atoms with van der Waals surface area (Å²) < 4.78 is 8.84. The molecule has 0 aliphatic heterocycles. The van der Waals surface area contributed by atoms with E-state index in [4.69, 9.17) is 44.3 Å². The fourth-order valence-corrected chi connectivity index (χ4v) is 4.45. The Morgan fingerprint density at radius 2 is 1.76 bits per heavy atom. The van der Waals surface area contributed by atoms with E-state index >= 15 is 0 Å². The molecule has 176 valence electrons. The lowest BCUT2D eigenvalue weighted by molar-refractivity contribution is -0.145. The number of carboxylic acid groups (broad SMARTS) is 1. The molecule has 1 fully saturated rings. The number of esters is 1. The van der Waals surface area contributed by atoms with E-state index in [1.165, 1.54) is 0 Å². The summed E-state index contributed by atoms with van der Waals surface area (Å²) >= 11 is 16.7. The monoisotopic (exact) mass is 519 g/mol.